The van der Waals surface area contributed by atoms with Gasteiger partial charge in [-0.15, -0.1) is 0 Å². The Kier molecular flexibility index (Phi) is 4.36. The van der Waals surface area contributed by atoms with Gasteiger partial charge in [-0.1, -0.05) is 18.2 Å². The summed E-state index contributed by atoms with van der Waals surface area (Å²) < 4.78 is 5.52. The first-order chi connectivity index (χ1) is 12.2. The lowest BCUT2D eigenvalue weighted by Crippen LogP contribution is -2.47. The molecule has 0 saturated carbocycles. The number of aryl methyl sites for hydroxylation is 1. The number of amides is 1. The van der Waals surface area contributed by atoms with Crippen LogP contribution in [0.3, 0.4) is 0 Å². The normalized spacial score (nSPS) is 19.6. The molecule has 25 heavy (non-hydrogen) atoms. The summed E-state index contributed by atoms with van der Waals surface area (Å²) in [7, 11) is 0. The minimum absolute atomic E-state index is 0.181. The van der Waals surface area contributed by atoms with Crippen LogP contribution >= 0.6 is 11.8 Å². The van der Waals surface area contributed by atoms with E-state index in [4.69, 9.17) is 4.42 Å². The van der Waals surface area contributed by atoms with Gasteiger partial charge in [0.05, 0.1) is 4.91 Å². The molecule has 3 heterocycles. The van der Waals surface area contributed by atoms with Gasteiger partial charge in [0.25, 0.3) is 5.91 Å². The molecule has 2 aliphatic heterocycles. The molecule has 0 aliphatic carbocycles. The first-order valence-corrected chi connectivity index (χ1v) is 9.15. The van der Waals surface area contributed by atoms with Gasteiger partial charge in [-0.25, -0.2) is 0 Å². The number of hydrogen-bond donors (Lipinski definition) is 0. The highest BCUT2D eigenvalue weighted by molar-refractivity contribution is 8.18. The maximum absolute atomic E-state index is 12.2. The number of hydrogen-bond acceptors (Lipinski definition) is 5. The molecule has 0 radical (unpaired) electrons. The molecular formula is C19H19N3O2S. The maximum atomic E-state index is 12.2. The molecular weight excluding hydrogens is 334 g/mol. The lowest BCUT2D eigenvalue weighted by molar-refractivity contribution is -0.113. The molecule has 1 aromatic carbocycles. The minimum atomic E-state index is -0.181. The number of aliphatic imine (C=N–C) groups is 1. The third-order valence-electron chi connectivity index (χ3n) is 4.32. The number of para-hydroxylation sites is 1. The van der Waals surface area contributed by atoms with Crippen molar-refractivity contribution in [3.8, 4) is 0 Å². The summed E-state index contributed by atoms with van der Waals surface area (Å²) in [6, 6.07) is 14.2. The van der Waals surface area contributed by atoms with E-state index in [0.717, 1.165) is 37.1 Å². The second-order valence-electron chi connectivity index (χ2n) is 6.07. The molecule has 0 atom stereocenters. The van der Waals surface area contributed by atoms with Crippen LogP contribution in [0.1, 0.15) is 11.5 Å². The molecule has 0 N–H and O–H groups in total. The summed E-state index contributed by atoms with van der Waals surface area (Å²) in [6.45, 7) is 5.46. The molecule has 1 fully saturated rings. The second-order valence-corrected chi connectivity index (χ2v) is 7.08. The monoisotopic (exact) mass is 353 g/mol. The number of amidine groups is 1. The molecule has 1 aromatic heterocycles. The summed E-state index contributed by atoms with van der Waals surface area (Å²) in [4.78, 5) is 21.6. The van der Waals surface area contributed by atoms with E-state index in [-0.39, 0.29) is 5.91 Å². The highest BCUT2D eigenvalue weighted by Crippen LogP contribution is 2.31. The van der Waals surface area contributed by atoms with E-state index in [1.165, 1.54) is 17.4 Å². The predicted molar refractivity (Wildman–Crippen MR) is 102 cm³/mol. The fourth-order valence-corrected chi connectivity index (χ4v) is 3.93. The highest BCUT2D eigenvalue weighted by atomic mass is 32.2. The molecule has 4 rings (SSSR count). The summed E-state index contributed by atoms with van der Waals surface area (Å²) >= 11 is 1.44. The second kappa shape index (κ2) is 6.80. The fraction of sp³-hybridized carbons (Fsp3) is 0.263. The third kappa shape index (κ3) is 3.49. The summed E-state index contributed by atoms with van der Waals surface area (Å²) in [6.07, 6.45) is 1.77. The highest BCUT2D eigenvalue weighted by Gasteiger charge is 2.28. The Labute approximate surface area is 151 Å². The zero-order chi connectivity index (χ0) is 17.2. The van der Waals surface area contributed by atoms with Crippen molar-refractivity contribution in [2.24, 2.45) is 4.99 Å². The first-order valence-electron chi connectivity index (χ1n) is 8.33. The van der Waals surface area contributed by atoms with Crippen LogP contribution in [-0.4, -0.2) is 42.2 Å². The van der Waals surface area contributed by atoms with Crippen molar-refractivity contribution < 1.29 is 9.21 Å². The van der Waals surface area contributed by atoms with E-state index < -0.39 is 0 Å². The minimum Gasteiger partial charge on any atom is -0.462 e. The first kappa shape index (κ1) is 16.0. The van der Waals surface area contributed by atoms with Gasteiger partial charge in [-0.2, -0.15) is 4.99 Å². The van der Waals surface area contributed by atoms with Gasteiger partial charge in [0.15, 0.2) is 5.17 Å². The number of piperazine rings is 1. The molecule has 1 amide bonds. The van der Waals surface area contributed by atoms with Gasteiger partial charge in [0.1, 0.15) is 11.5 Å². The van der Waals surface area contributed by atoms with Crippen LogP contribution in [0.5, 0.6) is 0 Å². The van der Waals surface area contributed by atoms with Gasteiger partial charge in [0, 0.05) is 37.9 Å². The van der Waals surface area contributed by atoms with Crippen molar-refractivity contribution in [1.29, 1.82) is 0 Å². The van der Waals surface area contributed by atoms with Gasteiger partial charge in [0.2, 0.25) is 0 Å². The SMILES string of the molecule is Cc1ccc(/C=C2/SC(N3CCN(c4ccccc4)CC3)=NC2=O)o1. The zero-order valence-electron chi connectivity index (χ0n) is 14.0. The van der Waals surface area contributed by atoms with E-state index in [2.05, 4.69) is 39.1 Å². The van der Waals surface area contributed by atoms with Crippen LogP contribution in [0.4, 0.5) is 5.69 Å². The molecule has 0 bridgehead atoms. The Morgan fingerprint density at radius 2 is 1.76 bits per heavy atom. The van der Waals surface area contributed by atoms with E-state index in [1.807, 2.05) is 25.1 Å². The number of carbonyl (C=O) groups excluding carboxylic acids is 1. The number of furan rings is 1. The van der Waals surface area contributed by atoms with E-state index >= 15 is 0 Å². The molecule has 1 saturated heterocycles. The van der Waals surface area contributed by atoms with Crippen molar-refractivity contribution in [1.82, 2.24) is 4.90 Å². The van der Waals surface area contributed by atoms with Crippen LogP contribution in [0.15, 0.2) is 56.8 Å². The van der Waals surface area contributed by atoms with Crippen LogP contribution in [0.2, 0.25) is 0 Å². The van der Waals surface area contributed by atoms with Crippen molar-refractivity contribution in [3.05, 3.63) is 58.9 Å². The maximum Gasteiger partial charge on any atom is 0.286 e. The summed E-state index contributed by atoms with van der Waals surface area (Å²) in [5, 5.41) is 0.798. The Morgan fingerprint density at radius 3 is 2.44 bits per heavy atom. The fourth-order valence-electron chi connectivity index (χ4n) is 2.99. The van der Waals surface area contributed by atoms with Crippen LogP contribution < -0.4 is 4.90 Å². The topological polar surface area (TPSA) is 49.0 Å². The van der Waals surface area contributed by atoms with E-state index in [9.17, 15) is 4.79 Å². The van der Waals surface area contributed by atoms with E-state index in [1.54, 1.807) is 6.08 Å². The van der Waals surface area contributed by atoms with Crippen molar-refractivity contribution in [2.45, 2.75) is 6.92 Å². The number of anilines is 1. The summed E-state index contributed by atoms with van der Waals surface area (Å²) in [5.41, 5.74) is 1.24. The molecule has 5 nitrogen and oxygen atoms in total. The Morgan fingerprint density at radius 1 is 1.04 bits per heavy atom. The van der Waals surface area contributed by atoms with Crippen LogP contribution in [0, 0.1) is 6.92 Å². The predicted octanol–water partition coefficient (Wildman–Crippen LogP) is 3.38. The average molecular weight is 353 g/mol. The summed E-state index contributed by atoms with van der Waals surface area (Å²) in [5.74, 6) is 1.35. The number of benzene rings is 1. The lowest BCUT2D eigenvalue weighted by atomic mass is 10.2. The Bertz CT molecular complexity index is 833. The smallest absolute Gasteiger partial charge is 0.286 e. The van der Waals surface area contributed by atoms with Gasteiger partial charge in [-0.05, 0) is 43.0 Å². The van der Waals surface area contributed by atoms with Gasteiger partial charge >= 0.3 is 0 Å². The third-order valence-corrected chi connectivity index (χ3v) is 5.36. The Balaban J connectivity index is 1.40. The Hall–Kier alpha value is -2.47. The lowest BCUT2D eigenvalue weighted by Gasteiger charge is -2.36. The van der Waals surface area contributed by atoms with Gasteiger partial charge < -0.3 is 14.2 Å². The van der Waals surface area contributed by atoms with Gasteiger partial charge in [-0.3, -0.25) is 4.79 Å². The van der Waals surface area contributed by atoms with Crippen LogP contribution in [-0.2, 0) is 4.79 Å². The number of carbonyl (C=O) groups is 1. The zero-order valence-corrected chi connectivity index (χ0v) is 14.8. The average Bonchev–Trinajstić information content (AvgIpc) is 3.22. The molecule has 2 aromatic rings. The van der Waals surface area contributed by atoms with Crippen LogP contribution in [0.25, 0.3) is 6.08 Å². The molecule has 0 unspecified atom stereocenters. The van der Waals surface area contributed by atoms with E-state index in [0.29, 0.717) is 10.7 Å². The number of rotatable bonds is 2. The number of thioether (sulfide) groups is 1. The molecule has 6 heteroatoms. The number of nitrogens with zero attached hydrogens (tertiary/aromatic N) is 3. The molecule has 0 spiro atoms. The molecule has 128 valence electrons. The molecule has 2 aliphatic rings. The van der Waals surface area contributed by atoms with Crippen molar-refractivity contribution in [3.63, 3.8) is 0 Å². The van der Waals surface area contributed by atoms with Crippen molar-refractivity contribution in [2.75, 3.05) is 31.1 Å². The quantitative estimate of drug-likeness (QED) is 0.775. The largest absolute Gasteiger partial charge is 0.462 e. The van der Waals surface area contributed by atoms with Crippen molar-refractivity contribution >= 4 is 34.6 Å². The standard InChI is InChI=1S/C19H19N3O2S/c1-14-7-8-16(24-14)13-17-18(23)20-19(25-17)22-11-9-21(10-12-22)15-5-3-2-4-6-15/h2-8,13H,9-12H2,1H3/b17-13+.